The van der Waals surface area contributed by atoms with Gasteiger partial charge in [0.2, 0.25) is 11.8 Å². The third-order valence-corrected chi connectivity index (χ3v) is 4.66. The first-order valence-corrected chi connectivity index (χ1v) is 10.2. The van der Waals surface area contributed by atoms with Gasteiger partial charge in [0.1, 0.15) is 18.2 Å². The van der Waals surface area contributed by atoms with Crippen LogP contribution in [0.25, 0.3) is 0 Å². The Balaban J connectivity index is 1.38. The highest BCUT2D eigenvalue weighted by molar-refractivity contribution is 6.33. The zero-order valence-corrected chi connectivity index (χ0v) is 17.8. The SMILES string of the molecule is O=C(CCC(=O)Nc1ccccc1Cl)NN=Cc1ccc(OCc2ccc(F)cc2)cc1. The zero-order chi connectivity index (χ0) is 22.8. The molecule has 3 aromatic carbocycles. The summed E-state index contributed by atoms with van der Waals surface area (Å²) in [6.07, 6.45) is 1.49. The Kier molecular flexibility index (Phi) is 8.34. The predicted molar refractivity (Wildman–Crippen MR) is 122 cm³/mol. The minimum atomic E-state index is -0.380. The standard InChI is InChI=1S/C24H21ClFN3O3/c25-21-3-1-2-4-22(21)28-23(30)13-14-24(31)29-27-15-17-7-11-20(12-8-17)32-16-18-5-9-19(26)10-6-18/h1-12,15H,13-14,16H2,(H,28,30)(H,29,31). The minimum absolute atomic E-state index is 0.00661. The number of nitrogens with one attached hydrogen (secondary N) is 2. The van der Waals surface area contributed by atoms with Gasteiger partial charge in [0.15, 0.2) is 0 Å². The van der Waals surface area contributed by atoms with Crippen molar-refractivity contribution in [3.63, 3.8) is 0 Å². The zero-order valence-electron chi connectivity index (χ0n) is 17.1. The summed E-state index contributed by atoms with van der Waals surface area (Å²) in [6.45, 7) is 0.327. The van der Waals surface area contributed by atoms with Crippen molar-refractivity contribution in [3.05, 3.63) is 94.8 Å². The van der Waals surface area contributed by atoms with Gasteiger partial charge in [-0.05, 0) is 59.7 Å². The summed E-state index contributed by atoms with van der Waals surface area (Å²) in [5, 5.41) is 6.99. The number of para-hydroxylation sites is 1. The highest BCUT2D eigenvalue weighted by Gasteiger charge is 2.08. The van der Waals surface area contributed by atoms with Crippen LogP contribution in [0.5, 0.6) is 5.75 Å². The Labute approximate surface area is 190 Å². The minimum Gasteiger partial charge on any atom is -0.489 e. The molecule has 32 heavy (non-hydrogen) atoms. The fourth-order valence-corrected chi connectivity index (χ4v) is 2.82. The maximum absolute atomic E-state index is 12.9. The van der Waals surface area contributed by atoms with Gasteiger partial charge in [0.25, 0.3) is 0 Å². The van der Waals surface area contributed by atoms with E-state index in [1.54, 1.807) is 60.7 Å². The van der Waals surface area contributed by atoms with Gasteiger partial charge in [-0.2, -0.15) is 5.10 Å². The first-order chi connectivity index (χ1) is 15.5. The van der Waals surface area contributed by atoms with E-state index in [0.29, 0.717) is 23.1 Å². The van der Waals surface area contributed by atoms with Crippen molar-refractivity contribution in [3.8, 4) is 5.75 Å². The maximum atomic E-state index is 12.9. The number of rotatable bonds is 9. The Morgan fingerprint density at radius 2 is 1.62 bits per heavy atom. The van der Waals surface area contributed by atoms with Gasteiger partial charge in [-0.3, -0.25) is 9.59 Å². The molecule has 0 saturated heterocycles. The number of anilines is 1. The van der Waals surface area contributed by atoms with E-state index in [4.69, 9.17) is 16.3 Å². The van der Waals surface area contributed by atoms with Crippen LogP contribution in [0, 0.1) is 5.82 Å². The van der Waals surface area contributed by atoms with Gasteiger partial charge in [-0.1, -0.05) is 35.9 Å². The number of hydrazone groups is 1. The lowest BCUT2D eigenvalue weighted by Crippen LogP contribution is -2.20. The third-order valence-electron chi connectivity index (χ3n) is 4.33. The molecule has 0 atom stereocenters. The van der Waals surface area contributed by atoms with Gasteiger partial charge in [-0.15, -0.1) is 0 Å². The van der Waals surface area contributed by atoms with Crippen molar-refractivity contribution in [1.29, 1.82) is 0 Å². The molecule has 0 spiro atoms. The summed E-state index contributed by atoms with van der Waals surface area (Å²) in [6, 6.07) is 20.1. The van der Waals surface area contributed by atoms with E-state index in [0.717, 1.165) is 11.1 Å². The fraction of sp³-hybridized carbons (Fsp3) is 0.125. The first-order valence-electron chi connectivity index (χ1n) is 9.83. The number of amides is 2. The lowest BCUT2D eigenvalue weighted by molar-refractivity contribution is -0.124. The number of carbonyl (C=O) groups is 2. The van der Waals surface area contributed by atoms with E-state index in [1.165, 1.54) is 18.3 Å². The van der Waals surface area contributed by atoms with Gasteiger partial charge >= 0.3 is 0 Å². The van der Waals surface area contributed by atoms with Crippen molar-refractivity contribution < 1.29 is 18.7 Å². The first kappa shape index (κ1) is 23.0. The van der Waals surface area contributed by atoms with Gasteiger partial charge in [0.05, 0.1) is 16.9 Å². The Morgan fingerprint density at radius 3 is 2.34 bits per heavy atom. The van der Waals surface area contributed by atoms with Gasteiger partial charge in [0, 0.05) is 12.8 Å². The number of ether oxygens (including phenoxy) is 1. The van der Waals surface area contributed by atoms with Gasteiger partial charge < -0.3 is 10.1 Å². The molecule has 0 aliphatic heterocycles. The molecule has 0 unspecified atom stereocenters. The summed E-state index contributed by atoms with van der Waals surface area (Å²) < 4.78 is 18.6. The van der Waals surface area contributed by atoms with E-state index in [1.807, 2.05) is 0 Å². The van der Waals surface area contributed by atoms with E-state index in [2.05, 4.69) is 15.8 Å². The number of halogens is 2. The molecule has 0 radical (unpaired) electrons. The molecule has 164 valence electrons. The third kappa shape index (κ3) is 7.52. The smallest absolute Gasteiger partial charge is 0.240 e. The van der Waals surface area contributed by atoms with E-state index in [9.17, 15) is 14.0 Å². The summed E-state index contributed by atoms with van der Waals surface area (Å²) in [7, 11) is 0. The monoisotopic (exact) mass is 453 g/mol. The lowest BCUT2D eigenvalue weighted by Gasteiger charge is -2.07. The molecule has 0 heterocycles. The fourth-order valence-electron chi connectivity index (χ4n) is 2.63. The van der Waals surface area contributed by atoms with Crippen LogP contribution >= 0.6 is 11.6 Å². The summed E-state index contributed by atoms with van der Waals surface area (Å²) >= 11 is 5.98. The highest BCUT2D eigenvalue weighted by Crippen LogP contribution is 2.20. The second-order valence-electron chi connectivity index (χ2n) is 6.81. The molecule has 3 aromatic rings. The molecule has 8 heteroatoms. The Hall–Kier alpha value is -3.71. The predicted octanol–water partition coefficient (Wildman–Crippen LogP) is 4.93. The average Bonchev–Trinajstić information content (AvgIpc) is 2.80. The summed E-state index contributed by atoms with van der Waals surface area (Å²) in [4.78, 5) is 23.8. The number of hydrogen-bond acceptors (Lipinski definition) is 4. The Morgan fingerprint density at radius 1 is 0.938 bits per heavy atom. The van der Waals surface area contributed by atoms with Crippen LogP contribution in [0.4, 0.5) is 10.1 Å². The number of carbonyl (C=O) groups excluding carboxylic acids is 2. The van der Waals surface area contributed by atoms with E-state index in [-0.39, 0.29) is 30.5 Å². The van der Waals surface area contributed by atoms with E-state index < -0.39 is 0 Å². The molecule has 6 nitrogen and oxygen atoms in total. The number of hydrogen-bond donors (Lipinski definition) is 2. The van der Waals surface area contributed by atoms with Crippen molar-refractivity contribution in [1.82, 2.24) is 5.43 Å². The molecule has 0 fully saturated rings. The Bertz CT molecular complexity index is 1090. The molecule has 0 aromatic heterocycles. The second-order valence-corrected chi connectivity index (χ2v) is 7.21. The van der Waals surface area contributed by atoms with Crippen LogP contribution < -0.4 is 15.5 Å². The number of nitrogens with zero attached hydrogens (tertiary/aromatic N) is 1. The van der Waals surface area contributed by atoms with Crippen molar-refractivity contribution >= 4 is 35.3 Å². The van der Waals surface area contributed by atoms with Crippen molar-refractivity contribution in [2.75, 3.05) is 5.32 Å². The molecule has 0 aliphatic carbocycles. The molecule has 0 saturated carbocycles. The van der Waals surface area contributed by atoms with Crippen molar-refractivity contribution in [2.24, 2.45) is 5.10 Å². The largest absolute Gasteiger partial charge is 0.489 e. The topological polar surface area (TPSA) is 79.8 Å². The molecular weight excluding hydrogens is 433 g/mol. The summed E-state index contributed by atoms with van der Waals surface area (Å²) in [5.41, 5.74) is 4.51. The molecule has 2 N–H and O–H groups in total. The van der Waals surface area contributed by atoms with Crippen molar-refractivity contribution in [2.45, 2.75) is 19.4 Å². The van der Waals surface area contributed by atoms with Gasteiger partial charge in [-0.25, -0.2) is 9.82 Å². The van der Waals surface area contributed by atoms with Crippen LogP contribution in [-0.2, 0) is 16.2 Å². The average molecular weight is 454 g/mol. The normalized spacial score (nSPS) is 10.7. The van der Waals surface area contributed by atoms with Crippen LogP contribution in [0.15, 0.2) is 77.9 Å². The molecular formula is C24H21ClFN3O3. The van der Waals surface area contributed by atoms with Crippen LogP contribution in [-0.4, -0.2) is 18.0 Å². The quantitative estimate of drug-likeness (QED) is 0.356. The van der Waals surface area contributed by atoms with E-state index >= 15 is 0 Å². The molecule has 0 aliphatic rings. The lowest BCUT2D eigenvalue weighted by atomic mass is 10.2. The number of benzene rings is 3. The molecule has 2 amide bonds. The maximum Gasteiger partial charge on any atom is 0.240 e. The van der Waals surface area contributed by atoms with Crippen LogP contribution in [0.3, 0.4) is 0 Å². The highest BCUT2D eigenvalue weighted by atomic mass is 35.5. The van der Waals surface area contributed by atoms with Crippen LogP contribution in [0.1, 0.15) is 24.0 Å². The second kappa shape index (κ2) is 11.6. The molecule has 0 bridgehead atoms. The van der Waals surface area contributed by atoms with Crippen LogP contribution in [0.2, 0.25) is 5.02 Å². The molecule has 3 rings (SSSR count). The summed E-state index contributed by atoms with van der Waals surface area (Å²) in [5.74, 6) is -0.326.